The molecule has 4 aromatic rings. The van der Waals surface area contributed by atoms with Crippen molar-refractivity contribution < 1.29 is 26.7 Å². The summed E-state index contributed by atoms with van der Waals surface area (Å²) in [6.07, 6.45) is 12.5. The highest BCUT2D eigenvalue weighted by atomic mass is 32.2. The lowest BCUT2D eigenvalue weighted by Gasteiger charge is -2.33. The number of nitro groups is 2. The van der Waals surface area contributed by atoms with Gasteiger partial charge < -0.3 is 0 Å². The van der Waals surface area contributed by atoms with Crippen LogP contribution >= 0.6 is 11.8 Å². The lowest BCUT2D eigenvalue weighted by atomic mass is 9.92. The maximum Gasteiger partial charge on any atom is 0.274 e. The third-order valence-corrected chi connectivity index (χ3v) is 14.3. The van der Waals surface area contributed by atoms with Crippen LogP contribution in [0, 0.1) is 20.2 Å². The van der Waals surface area contributed by atoms with Gasteiger partial charge in [0.05, 0.1) is 30.8 Å². The van der Waals surface area contributed by atoms with Crippen LogP contribution in [0.2, 0.25) is 0 Å². The van der Waals surface area contributed by atoms with E-state index in [9.17, 15) is 37.1 Å². The molecule has 6 rings (SSSR count). The van der Waals surface area contributed by atoms with Gasteiger partial charge in [0.25, 0.3) is 11.4 Å². The van der Waals surface area contributed by atoms with Gasteiger partial charge in [-0.25, -0.2) is 16.8 Å². The van der Waals surface area contributed by atoms with Crippen molar-refractivity contribution >= 4 is 42.8 Å². The molecule has 0 spiro atoms. The highest BCUT2D eigenvalue weighted by molar-refractivity contribution is 8.01. The van der Waals surface area contributed by atoms with Crippen LogP contribution < -0.4 is 0 Å². The van der Waals surface area contributed by atoms with E-state index in [0.717, 1.165) is 0 Å². The van der Waals surface area contributed by atoms with E-state index in [1.165, 1.54) is 96.7 Å². The van der Waals surface area contributed by atoms with Crippen LogP contribution in [-0.4, -0.2) is 37.2 Å². The van der Waals surface area contributed by atoms with E-state index in [4.69, 9.17) is 0 Å². The standard InChI is InChI=1S/C36H28N2O8S3/c39-37(40)33-17-9-7-15-31(33)35(48(43,44)29-11-3-1-4-12-29)23-19-27(20-24-35)47-28-21-25-36(26-22-28,32-16-8-10-18-34(32)38(41)42)49(45,46)30-13-5-2-6-14-30/h1-28H. The number of para-hydroxylation sites is 2. The molecule has 2 aliphatic rings. The van der Waals surface area contributed by atoms with Crippen molar-refractivity contribution in [3.05, 3.63) is 189 Å². The number of benzene rings is 4. The smallest absolute Gasteiger partial charge is 0.258 e. The molecule has 0 heterocycles. The first kappa shape index (κ1) is 33.8. The zero-order valence-electron chi connectivity index (χ0n) is 25.6. The van der Waals surface area contributed by atoms with E-state index >= 15 is 0 Å². The van der Waals surface area contributed by atoms with Gasteiger partial charge in [0.15, 0.2) is 19.7 Å². The second-order valence-corrected chi connectivity index (χ2v) is 16.9. The Morgan fingerprint density at radius 2 is 0.796 bits per heavy atom. The van der Waals surface area contributed by atoms with E-state index in [0.29, 0.717) is 0 Å². The Hall–Kier alpha value is -5.11. The number of thioether (sulfide) groups is 1. The van der Waals surface area contributed by atoms with Gasteiger partial charge in [0.1, 0.15) is 9.49 Å². The monoisotopic (exact) mass is 712 g/mol. The van der Waals surface area contributed by atoms with Gasteiger partial charge >= 0.3 is 0 Å². The van der Waals surface area contributed by atoms with Crippen LogP contribution in [0.15, 0.2) is 168 Å². The van der Waals surface area contributed by atoms with Gasteiger partial charge in [-0.05, 0) is 36.4 Å². The van der Waals surface area contributed by atoms with Crippen LogP contribution in [0.1, 0.15) is 11.1 Å². The number of rotatable bonds is 10. The molecule has 248 valence electrons. The average Bonchev–Trinajstić information content (AvgIpc) is 3.13. The van der Waals surface area contributed by atoms with E-state index < -0.39 is 49.5 Å². The lowest BCUT2D eigenvalue weighted by Crippen LogP contribution is -2.35. The first-order valence-electron chi connectivity index (χ1n) is 14.9. The van der Waals surface area contributed by atoms with Crippen molar-refractivity contribution in [2.24, 2.45) is 0 Å². The summed E-state index contributed by atoms with van der Waals surface area (Å²) in [5, 5.41) is 23.2. The minimum Gasteiger partial charge on any atom is -0.258 e. The van der Waals surface area contributed by atoms with E-state index in [1.54, 1.807) is 72.8 Å². The largest absolute Gasteiger partial charge is 0.274 e. The minimum absolute atomic E-state index is 0.00216. The highest BCUT2D eigenvalue weighted by Crippen LogP contribution is 2.47. The van der Waals surface area contributed by atoms with Crippen LogP contribution in [0.5, 0.6) is 0 Å². The maximum absolute atomic E-state index is 14.2. The second kappa shape index (κ2) is 13.1. The van der Waals surface area contributed by atoms with E-state index in [2.05, 4.69) is 0 Å². The first-order chi connectivity index (χ1) is 23.4. The van der Waals surface area contributed by atoms with E-state index in [1.807, 2.05) is 0 Å². The van der Waals surface area contributed by atoms with Gasteiger partial charge in [-0.3, -0.25) is 20.2 Å². The summed E-state index contributed by atoms with van der Waals surface area (Å²) < 4.78 is 53.1. The Bertz CT molecular complexity index is 2080. The average molecular weight is 713 g/mol. The summed E-state index contributed by atoms with van der Waals surface area (Å²) in [6.45, 7) is 0. The fourth-order valence-corrected chi connectivity index (χ4v) is 10.9. The topological polar surface area (TPSA) is 155 Å². The predicted octanol–water partition coefficient (Wildman–Crippen LogP) is 7.26. The zero-order valence-corrected chi connectivity index (χ0v) is 28.0. The molecule has 49 heavy (non-hydrogen) atoms. The molecular formula is C36H28N2O8S3. The van der Waals surface area contributed by atoms with Gasteiger partial charge in [-0.2, -0.15) is 0 Å². The normalized spacial score (nSPS) is 23.3. The molecule has 0 amide bonds. The fourth-order valence-electron chi connectivity index (χ4n) is 6.08. The van der Waals surface area contributed by atoms with Crippen molar-refractivity contribution in [2.75, 3.05) is 0 Å². The zero-order chi connectivity index (χ0) is 34.9. The van der Waals surface area contributed by atoms with Crippen molar-refractivity contribution in [3.63, 3.8) is 0 Å². The van der Waals surface area contributed by atoms with Crippen LogP contribution in [0.25, 0.3) is 0 Å². The van der Waals surface area contributed by atoms with Gasteiger partial charge in [0, 0.05) is 22.6 Å². The summed E-state index contributed by atoms with van der Waals surface area (Å²) >= 11 is 1.36. The fraction of sp³-hybridized carbons (Fsp3) is 0.111. The van der Waals surface area contributed by atoms with Crippen molar-refractivity contribution in [1.29, 1.82) is 0 Å². The molecule has 4 aromatic carbocycles. The molecule has 10 nitrogen and oxygen atoms in total. The Kier molecular flexibility index (Phi) is 9.01. The molecule has 0 saturated carbocycles. The molecular weight excluding hydrogens is 685 g/mol. The Labute approximate surface area is 287 Å². The molecule has 0 aromatic heterocycles. The molecule has 0 atom stereocenters. The van der Waals surface area contributed by atoms with Crippen molar-refractivity contribution in [2.45, 2.75) is 29.8 Å². The molecule has 13 heteroatoms. The third kappa shape index (κ3) is 5.83. The molecule has 0 aliphatic heterocycles. The van der Waals surface area contributed by atoms with Gasteiger partial charge in [-0.1, -0.05) is 109 Å². The van der Waals surface area contributed by atoms with Crippen LogP contribution in [0.4, 0.5) is 11.4 Å². The summed E-state index contributed by atoms with van der Waals surface area (Å²) in [5.74, 6) is 0. The number of hydrogen-bond acceptors (Lipinski definition) is 9. The Morgan fingerprint density at radius 1 is 0.490 bits per heavy atom. The molecule has 0 fully saturated rings. The van der Waals surface area contributed by atoms with Crippen LogP contribution in [-0.2, 0) is 29.2 Å². The lowest BCUT2D eigenvalue weighted by molar-refractivity contribution is -0.385. The Balaban J connectivity index is 1.36. The molecule has 0 unspecified atom stereocenters. The summed E-state index contributed by atoms with van der Waals surface area (Å²) in [7, 11) is -8.45. The highest BCUT2D eigenvalue weighted by Gasteiger charge is 2.49. The molecule has 0 N–H and O–H groups in total. The summed E-state index contributed by atoms with van der Waals surface area (Å²) in [6, 6.07) is 26.9. The molecule has 2 aliphatic carbocycles. The first-order valence-corrected chi connectivity index (χ1v) is 18.8. The predicted molar refractivity (Wildman–Crippen MR) is 189 cm³/mol. The van der Waals surface area contributed by atoms with Gasteiger partial charge in [0.2, 0.25) is 0 Å². The maximum atomic E-state index is 14.2. The quantitative estimate of drug-likeness (QED) is 0.0938. The molecule has 0 bridgehead atoms. The van der Waals surface area contributed by atoms with Crippen molar-refractivity contribution in [3.8, 4) is 0 Å². The Morgan fingerprint density at radius 3 is 1.12 bits per heavy atom. The van der Waals surface area contributed by atoms with Crippen molar-refractivity contribution in [1.82, 2.24) is 0 Å². The summed E-state index contributed by atoms with van der Waals surface area (Å²) in [4.78, 5) is 22.9. The van der Waals surface area contributed by atoms with Gasteiger partial charge in [-0.15, -0.1) is 11.8 Å². The molecule has 0 radical (unpaired) electrons. The molecule has 0 saturated heterocycles. The number of sulfone groups is 2. The second-order valence-electron chi connectivity index (χ2n) is 11.3. The number of hydrogen-bond donors (Lipinski definition) is 0. The third-order valence-electron chi connectivity index (χ3n) is 8.49. The number of nitrogens with zero attached hydrogens (tertiary/aromatic N) is 2. The minimum atomic E-state index is -4.23. The van der Waals surface area contributed by atoms with E-state index in [-0.39, 0.29) is 32.3 Å². The summed E-state index contributed by atoms with van der Waals surface area (Å²) in [5.41, 5.74) is -0.687. The van der Waals surface area contributed by atoms with Crippen LogP contribution in [0.3, 0.4) is 0 Å². The SMILES string of the molecule is O=[N+]([O-])c1ccccc1C1(S(=O)(=O)c2ccccc2)C=CC(SC2C=CC(c3ccccc3[N+](=O)[O-])(S(=O)(=O)c3ccccc3)C=C2)C=C1. The number of nitro benzene ring substituents is 2.